The highest BCUT2D eigenvalue weighted by molar-refractivity contribution is 6.02. The van der Waals surface area contributed by atoms with Crippen LogP contribution in [0.5, 0.6) is 0 Å². The molecule has 22 heteroatoms. The van der Waals surface area contributed by atoms with E-state index in [2.05, 4.69) is 30.7 Å². The molecular formula is C48H60F2N14O6. The van der Waals surface area contributed by atoms with E-state index in [4.69, 9.17) is 30.1 Å². The van der Waals surface area contributed by atoms with Crippen LogP contribution in [-0.4, -0.2) is 150 Å². The molecule has 2 unspecified atom stereocenters. The van der Waals surface area contributed by atoms with Gasteiger partial charge in [0.25, 0.3) is 0 Å². The number of ether oxygens (including phenoxy) is 1. The third kappa shape index (κ3) is 10.0. The van der Waals surface area contributed by atoms with Crippen LogP contribution in [0.25, 0.3) is 33.8 Å². The summed E-state index contributed by atoms with van der Waals surface area (Å²) < 4.78 is 44.0. The third-order valence-electron chi connectivity index (χ3n) is 14.5. The fourth-order valence-electron chi connectivity index (χ4n) is 10.3. The molecule has 5 aromatic rings. The van der Waals surface area contributed by atoms with Gasteiger partial charge >= 0.3 is 0 Å². The Morgan fingerprint density at radius 1 is 0.914 bits per heavy atom. The van der Waals surface area contributed by atoms with Gasteiger partial charge in [-0.15, -0.1) is 0 Å². The van der Waals surface area contributed by atoms with E-state index in [1.54, 1.807) is 4.90 Å². The van der Waals surface area contributed by atoms with Gasteiger partial charge in [-0.25, -0.2) is 33.4 Å². The van der Waals surface area contributed by atoms with Crippen molar-refractivity contribution in [3.8, 4) is 22.8 Å². The number of aromatic nitrogens is 7. The molecule has 0 spiro atoms. The van der Waals surface area contributed by atoms with Crippen molar-refractivity contribution in [2.24, 2.45) is 5.92 Å². The lowest BCUT2D eigenvalue weighted by Crippen LogP contribution is -2.49. The van der Waals surface area contributed by atoms with E-state index in [9.17, 15) is 19.5 Å². The van der Waals surface area contributed by atoms with Gasteiger partial charge in [-0.05, 0) is 88.3 Å². The van der Waals surface area contributed by atoms with Gasteiger partial charge in [0.05, 0.1) is 24.0 Å². The zero-order valence-corrected chi connectivity index (χ0v) is 39.5. The number of anilines is 3. The maximum Gasteiger partial charge on any atom is 0.249 e. The molecule has 4 saturated heterocycles. The van der Waals surface area contributed by atoms with Gasteiger partial charge < -0.3 is 35.2 Å². The standard InChI is InChI=1S/C48H60F2N14O6/c1-27(2)64-46-39(44(51)54-26-55-46)40(58-64)41-38(43(70-59-41)30-3-4-30)45-52-23-31(24-53-45)29-9-14-63(15-10-29)48(68)69-20-11-37(66)61-12-7-28(8-13-61)25-60-16-18-62(19-17-60)42-33(49)21-32(22-34(42)50)56-35-5-6-36(65)57-47(35)67/h21-24,26-30,35,48,56,68H,3-20,25H2,1-2H3,(H2,51,54,55)(H,57,65,67). The average molecular weight is 967 g/mol. The second-order valence-electron chi connectivity index (χ2n) is 19.5. The van der Waals surface area contributed by atoms with Crippen molar-refractivity contribution >= 4 is 45.9 Å². The summed E-state index contributed by atoms with van der Waals surface area (Å²) in [7, 11) is 0. The molecular weight excluding hydrogens is 907 g/mol. The van der Waals surface area contributed by atoms with Gasteiger partial charge in [0, 0.05) is 95.4 Å². The lowest BCUT2D eigenvalue weighted by Gasteiger charge is -2.39. The minimum Gasteiger partial charge on any atom is -0.383 e. The molecule has 4 aromatic heterocycles. The number of piperidine rings is 3. The minimum atomic E-state index is -1.12. The molecule has 10 rings (SSSR count). The Bertz CT molecular complexity index is 2680. The number of aliphatic hydroxyl groups is 1. The number of piperazine rings is 1. The number of carbonyl (C=O) groups is 3. The molecule has 70 heavy (non-hydrogen) atoms. The van der Waals surface area contributed by atoms with Crippen LogP contribution in [0, 0.1) is 17.6 Å². The summed E-state index contributed by atoms with van der Waals surface area (Å²) >= 11 is 0. The molecule has 0 bridgehead atoms. The number of nitrogens with two attached hydrogens (primary N) is 1. The van der Waals surface area contributed by atoms with Gasteiger partial charge in [-0.3, -0.25) is 29.5 Å². The predicted molar refractivity (Wildman–Crippen MR) is 253 cm³/mol. The van der Waals surface area contributed by atoms with Crippen molar-refractivity contribution in [3.05, 3.63) is 53.8 Å². The molecule has 8 heterocycles. The molecule has 0 radical (unpaired) electrons. The molecule has 5 aliphatic rings. The van der Waals surface area contributed by atoms with Gasteiger partial charge in [-0.2, -0.15) is 5.10 Å². The molecule has 5 N–H and O–H groups in total. The second-order valence-corrected chi connectivity index (χ2v) is 19.5. The Morgan fingerprint density at radius 3 is 2.30 bits per heavy atom. The van der Waals surface area contributed by atoms with Crippen molar-refractivity contribution in [1.29, 1.82) is 0 Å². The fraction of sp³-hybridized carbons (Fsp3) is 0.562. The number of imide groups is 1. The van der Waals surface area contributed by atoms with Gasteiger partial charge in [-0.1, -0.05) is 5.16 Å². The number of nitrogen functional groups attached to an aromatic ring is 1. The predicted octanol–water partition coefficient (Wildman–Crippen LogP) is 4.40. The Morgan fingerprint density at radius 2 is 1.63 bits per heavy atom. The summed E-state index contributed by atoms with van der Waals surface area (Å²) in [5.74, 6) is 0.0930. The van der Waals surface area contributed by atoms with Crippen molar-refractivity contribution in [2.45, 2.75) is 102 Å². The lowest BCUT2D eigenvalue weighted by molar-refractivity contribution is -0.199. The topological polar surface area (TPSA) is 239 Å². The van der Waals surface area contributed by atoms with E-state index in [1.165, 1.54) is 18.5 Å². The first-order chi connectivity index (χ1) is 33.9. The van der Waals surface area contributed by atoms with Crippen LogP contribution in [0.1, 0.15) is 101 Å². The summed E-state index contributed by atoms with van der Waals surface area (Å²) in [4.78, 5) is 62.9. The summed E-state index contributed by atoms with van der Waals surface area (Å²) in [5, 5.41) is 26.0. The Labute approximate surface area is 403 Å². The van der Waals surface area contributed by atoms with Gasteiger partial charge in [0.2, 0.25) is 24.1 Å². The Kier molecular flexibility index (Phi) is 13.7. The summed E-state index contributed by atoms with van der Waals surface area (Å²) in [6, 6.07) is 1.67. The number of amides is 3. The molecule has 372 valence electrons. The quantitative estimate of drug-likeness (QED) is 0.0840. The zero-order valence-electron chi connectivity index (χ0n) is 39.5. The van der Waals surface area contributed by atoms with Gasteiger partial charge in [0.15, 0.2) is 28.9 Å². The van der Waals surface area contributed by atoms with E-state index in [-0.39, 0.29) is 66.9 Å². The number of nitrogens with zero attached hydrogens (tertiary/aromatic N) is 11. The van der Waals surface area contributed by atoms with Gasteiger partial charge in [0.1, 0.15) is 35.3 Å². The Hall–Kier alpha value is -6.23. The minimum absolute atomic E-state index is 0.00287. The first kappa shape index (κ1) is 47.4. The molecule has 20 nitrogen and oxygen atoms in total. The van der Waals surface area contributed by atoms with E-state index < -0.39 is 30.0 Å². The lowest BCUT2D eigenvalue weighted by atomic mass is 9.91. The molecule has 3 amide bonds. The highest BCUT2D eigenvalue weighted by Gasteiger charge is 2.37. The average Bonchev–Trinajstić information content (AvgIpc) is 3.98. The number of benzene rings is 1. The smallest absolute Gasteiger partial charge is 0.249 e. The number of halogens is 2. The molecule has 4 aliphatic heterocycles. The van der Waals surface area contributed by atoms with E-state index in [0.717, 1.165) is 56.4 Å². The number of hydrogen-bond donors (Lipinski definition) is 4. The number of fused-ring (bicyclic) bond motifs is 1. The van der Waals surface area contributed by atoms with Crippen molar-refractivity contribution in [1.82, 2.24) is 54.9 Å². The second kappa shape index (κ2) is 20.2. The fourth-order valence-corrected chi connectivity index (χ4v) is 10.3. The monoisotopic (exact) mass is 966 g/mol. The van der Waals surface area contributed by atoms with Crippen molar-refractivity contribution < 1.29 is 37.5 Å². The maximum absolute atomic E-state index is 15.2. The largest absolute Gasteiger partial charge is 0.383 e. The maximum atomic E-state index is 15.2. The molecule has 1 aliphatic carbocycles. The molecule has 1 saturated carbocycles. The number of carbonyl (C=O) groups excluding carboxylic acids is 3. The zero-order chi connectivity index (χ0) is 48.6. The normalized spacial score (nSPS) is 20.7. The van der Waals surface area contributed by atoms with Crippen LogP contribution >= 0.6 is 0 Å². The molecule has 5 fully saturated rings. The number of aliphatic hydroxyl groups excluding tert-OH is 1. The number of hydrogen-bond acceptors (Lipinski definition) is 17. The van der Waals surface area contributed by atoms with Crippen LogP contribution in [0.15, 0.2) is 35.4 Å². The number of likely N-dealkylation sites (tertiary alicyclic amines) is 2. The molecule has 2 atom stereocenters. The van der Waals surface area contributed by atoms with Crippen molar-refractivity contribution in [2.75, 3.05) is 81.5 Å². The van der Waals surface area contributed by atoms with Crippen molar-refractivity contribution in [3.63, 3.8) is 0 Å². The number of rotatable bonds is 15. The highest BCUT2D eigenvalue weighted by atomic mass is 19.1. The third-order valence-corrected chi connectivity index (χ3v) is 14.5. The summed E-state index contributed by atoms with van der Waals surface area (Å²) in [6.07, 6.45) is 9.89. The first-order valence-corrected chi connectivity index (χ1v) is 24.6. The van der Waals surface area contributed by atoms with E-state index >= 15 is 8.78 Å². The van der Waals surface area contributed by atoms with Crippen LogP contribution in [0.4, 0.5) is 26.0 Å². The Balaban J connectivity index is 0.646. The van der Waals surface area contributed by atoms with Crippen LogP contribution < -0.4 is 21.3 Å². The van der Waals surface area contributed by atoms with Crippen LogP contribution in [0.2, 0.25) is 0 Å². The van der Waals surface area contributed by atoms with E-state index in [1.807, 2.05) is 40.7 Å². The molecule has 1 aromatic carbocycles. The van der Waals surface area contributed by atoms with E-state index in [0.29, 0.717) is 97.9 Å². The summed E-state index contributed by atoms with van der Waals surface area (Å²) in [5.41, 5.74) is 9.82. The first-order valence-electron chi connectivity index (χ1n) is 24.6. The number of nitrogens with one attached hydrogen (secondary N) is 2. The van der Waals surface area contributed by atoms with Crippen LogP contribution in [0.3, 0.4) is 0 Å². The SMILES string of the molecule is CC(C)n1nc(-c2noc(C3CC3)c2-c2ncc(C3CCN(C(O)OCCC(=O)N4CCC(CN5CCN(c6c(F)cc(NC7CCC(=O)NC7=O)cc6F)CC5)CC4)CC3)cn2)c2c(N)ncnc21. The highest BCUT2D eigenvalue weighted by Crippen LogP contribution is 2.48. The van der Waals surface area contributed by atoms with Crippen LogP contribution in [-0.2, 0) is 19.1 Å². The summed E-state index contributed by atoms with van der Waals surface area (Å²) in [6.45, 7) is 9.74.